The monoisotopic (exact) mass is 1260 g/mol. The van der Waals surface area contributed by atoms with Crippen LogP contribution in [0, 0.1) is 63.1 Å². The van der Waals surface area contributed by atoms with E-state index in [0.29, 0.717) is 75.6 Å². The molecular formula is C70H104N4O12S2. The highest BCUT2D eigenvalue weighted by molar-refractivity contribution is 8.00. The van der Waals surface area contributed by atoms with Gasteiger partial charge >= 0.3 is 29.8 Å². The number of carboxylic acids is 2. The first kappa shape index (κ1) is 73.1. The Morgan fingerprint density at radius 1 is 0.693 bits per heavy atom. The number of hydrogen-bond donors (Lipinski definition) is 5. The third-order valence-corrected chi connectivity index (χ3v) is 20.0. The Bertz CT molecular complexity index is 2930. The molecule has 2 heterocycles. The summed E-state index contributed by atoms with van der Waals surface area (Å²) in [6, 6.07) is 3.98. The van der Waals surface area contributed by atoms with Crippen molar-refractivity contribution >= 4 is 82.9 Å². The predicted molar refractivity (Wildman–Crippen MR) is 354 cm³/mol. The summed E-state index contributed by atoms with van der Waals surface area (Å²) in [5, 5.41) is 24.7. The number of aromatic amines is 1. The smallest absolute Gasteiger partial charge is 0.342 e. The summed E-state index contributed by atoms with van der Waals surface area (Å²) in [6.45, 7) is 45.9. The number of H-pyrrole nitrogens is 1. The lowest BCUT2D eigenvalue weighted by molar-refractivity contribution is -0.164. The Labute approximate surface area is 533 Å². The van der Waals surface area contributed by atoms with Gasteiger partial charge in [-0.05, 0) is 151 Å². The van der Waals surface area contributed by atoms with Crippen LogP contribution in [0.5, 0.6) is 0 Å². The molecular weight excluding hydrogens is 1150 g/mol. The lowest BCUT2D eigenvalue weighted by atomic mass is 9.59. The van der Waals surface area contributed by atoms with E-state index in [1.165, 1.54) is 35.7 Å². The number of unbranched alkanes of at least 4 members (excludes halogenated alkanes) is 1. The Kier molecular flexibility index (Phi) is 24.9. The van der Waals surface area contributed by atoms with Crippen LogP contribution in [0.3, 0.4) is 0 Å². The molecule has 1 aromatic heterocycles. The fraction of sp³-hybridized carbons (Fsp3) is 0.657. The highest BCUT2D eigenvalue weighted by Gasteiger charge is 2.51. The standard InChI is InChI=1S/C70H104N4O12S2/c1-37(2)53-50(36-51-54(38(3)4)56(60(72-51)74-61(76)42(9)87-28-24-26-84-64(81)39(5)6)66(83)86-58-48(69(16,17)18)31-41(8)32-49(58)70(19,20)21)71-59(55(53)65(82)85-57-46(67(10,11)12)29-40(7)30-47(57)68(13,14)15)73-52(75)25-22-23-27-88-45-34-43(62(77)78)33-44(35-45)63(79)80/h33-38,40-42,46-49,57-58,71H,5,22-32H2,1-4,6-21H3,(H,73,75)(H,77,78)(H,79,80)(H,72,74,76). The third kappa shape index (κ3) is 19.2. The summed E-state index contributed by atoms with van der Waals surface area (Å²) < 4.78 is 19.1. The zero-order chi connectivity index (χ0) is 66.3. The van der Waals surface area contributed by atoms with Gasteiger partial charge in [-0.2, -0.15) is 0 Å². The van der Waals surface area contributed by atoms with Crippen LogP contribution in [0.2, 0.25) is 0 Å². The molecule has 0 bridgehead atoms. The quantitative estimate of drug-likeness (QED) is 0.0229. The number of amidine groups is 1. The number of ether oxygens (including phenoxy) is 3. The minimum atomic E-state index is -1.24. The van der Waals surface area contributed by atoms with E-state index in [-0.39, 0.29) is 116 Å². The van der Waals surface area contributed by atoms with Crippen molar-refractivity contribution in [2.45, 2.75) is 218 Å². The molecule has 5 atom stereocenters. The van der Waals surface area contributed by atoms with Crippen molar-refractivity contribution in [1.29, 1.82) is 0 Å². The van der Waals surface area contributed by atoms with Crippen molar-refractivity contribution < 1.29 is 58.0 Å². The van der Waals surface area contributed by atoms with Gasteiger partial charge in [0, 0.05) is 46.3 Å². The number of aromatic carboxylic acids is 2. The molecule has 2 saturated carbocycles. The van der Waals surface area contributed by atoms with E-state index in [1.807, 2.05) is 27.7 Å². The largest absolute Gasteiger partial charge is 0.478 e. The molecule has 16 nitrogen and oxygen atoms in total. The highest BCUT2D eigenvalue weighted by Crippen LogP contribution is 2.52. The summed E-state index contributed by atoms with van der Waals surface area (Å²) in [4.78, 5) is 104. The van der Waals surface area contributed by atoms with Gasteiger partial charge in [0.1, 0.15) is 35.0 Å². The highest BCUT2D eigenvalue weighted by atomic mass is 32.2. The number of benzene rings is 1. The number of carbonyl (C=O) groups excluding carboxylic acids is 5. The van der Waals surface area contributed by atoms with Crippen molar-refractivity contribution in [2.24, 2.45) is 68.1 Å². The molecule has 2 fully saturated rings. The average Bonchev–Trinajstić information content (AvgIpc) is 1.47. The Morgan fingerprint density at radius 3 is 1.62 bits per heavy atom. The molecule has 0 radical (unpaired) electrons. The van der Waals surface area contributed by atoms with Gasteiger partial charge in [-0.3, -0.25) is 9.59 Å². The number of carbonyl (C=O) groups is 7. The molecule has 0 saturated heterocycles. The summed E-state index contributed by atoms with van der Waals surface area (Å²) in [5.41, 5.74) is 1.41. The maximum absolute atomic E-state index is 15.5. The number of aromatic nitrogens is 1. The van der Waals surface area contributed by atoms with Gasteiger partial charge in [-0.25, -0.2) is 29.0 Å². The van der Waals surface area contributed by atoms with Crippen LogP contribution >= 0.6 is 23.5 Å². The van der Waals surface area contributed by atoms with Crippen molar-refractivity contribution in [3.63, 3.8) is 0 Å². The van der Waals surface area contributed by atoms with Crippen LogP contribution in [-0.2, 0) is 33.4 Å². The number of anilines is 1. The molecule has 18 heteroatoms. The van der Waals surface area contributed by atoms with Gasteiger partial charge in [0.15, 0.2) is 0 Å². The van der Waals surface area contributed by atoms with Gasteiger partial charge in [-0.1, -0.05) is 131 Å². The molecule has 2 aliphatic carbocycles. The second-order valence-corrected chi connectivity index (χ2v) is 32.7. The Balaban J connectivity index is 1.65. The van der Waals surface area contributed by atoms with Crippen LogP contribution in [0.4, 0.5) is 5.82 Å². The molecule has 1 aromatic carbocycles. The van der Waals surface area contributed by atoms with Crippen molar-refractivity contribution in [2.75, 3.05) is 23.4 Å². The number of rotatable bonds is 23. The first-order valence-corrected chi connectivity index (χ1v) is 33.7. The van der Waals surface area contributed by atoms with Crippen LogP contribution < -0.4 is 10.6 Å². The minimum Gasteiger partial charge on any atom is -0.478 e. The molecule has 488 valence electrons. The Morgan fingerprint density at radius 2 is 1.18 bits per heavy atom. The molecule has 5 unspecified atom stereocenters. The number of aliphatic imine (C=N–C) groups is 1. The van der Waals surface area contributed by atoms with E-state index >= 15 is 9.59 Å². The lowest BCUT2D eigenvalue weighted by Gasteiger charge is -2.50. The van der Waals surface area contributed by atoms with Crippen molar-refractivity contribution in [1.82, 2.24) is 10.3 Å². The van der Waals surface area contributed by atoms with Crippen molar-refractivity contribution in [3.05, 3.63) is 75.1 Å². The summed E-state index contributed by atoms with van der Waals surface area (Å²) >= 11 is 2.67. The third-order valence-electron chi connectivity index (χ3n) is 17.7. The van der Waals surface area contributed by atoms with Gasteiger partial charge in [-0.15, -0.1) is 23.5 Å². The minimum absolute atomic E-state index is 0.0193. The summed E-state index contributed by atoms with van der Waals surface area (Å²) in [5.74, 6) is -3.52. The van der Waals surface area contributed by atoms with Crippen molar-refractivity contribution in [3.8, 4) is 0 Å². The number of allylic oxidation sites excluding steroid dienone is 1. The molecule has 0 spiro atoms. The van der Waals surface area contributed by atoms with E-state index in [9.17, 15) is 34.2 Å². The number of carboxylic acid groups (broad SMARTS) is 2. The number of amides is 2. The molecule has 5 rings (SSSR count). The second kappa shape index (κ2) is 30.0. The van der Waals surface area contributed by atoms with Gasteiger partial charge in [0.25, 0.3) is 0 Å². The average molecular weight is 1260 g/mol. The maximum Gasteiger partial charge on any atom is 0.342 e. The van der Waals surface area contributed by atoms with E-state index in [4.69, 9.17) is 19.2 Å². The summed E-state index contributed by atoms with van der Waals surface area (Å²) in [7, 11) is 0. The first-order chi connectivity index (χ1) is 40.6. The predicted octanol–water partition coefficient (Wildman–Crippen LogP) is 15.8. The van der Waals surface area contributed by atoms with Gasteiger partial charge < -0.3 is 40.0 Å². The topological polar surface area (TPSA) is 240 Å². The number of thioether (sulfide) groups is 2. The van der Waals surface area contributed by atoms with Crippen LogP contribution in [0.1, 0.15) is 238 Å². The summed E-state index contributed by atoms with van der Waals surface area (Å²) in [6.07, 6.45) is 5.85. The normalized spacial score (nSPS) is 22.8. The van der Waals surface area contributed by atoms with Crippen LogP contribution in [0.15, 0.2) is 57.1 Å². The zero-order valence-electron chi connectivity index (χ0n) is 56.4. The maximum atomic E-state index is 15.5. The fourth-order valence-electron chi connectivity index (χ4n) is 12.9. The van der Waals surface area contributed by atoms with Crippen LogP contribution in [-0.4, -0.2) is 98.3 Å². The second-order valence-electron chi connectivity index (χ2n) is 30.1. The lowest BCUT2D eigenvalue weighted by Crippen LogP contribution is -2.50. The van der Waals surface area contributed by atoms with E-state index in [2.05, 4.69) is 119 Å². The fourth-order valence-corrected chi connectivity index (χ4v) is 14.7. The van der Waals surface area contributed by atoms with Crippen LogP contribution in [0.25, 0.3) is 6.08 Å². The molecule has 3 aliphatic rings. The van der Waals surface area contributed by atoms with E-state index in [0.717, 1.165) is 31.7 Å². The SMILES string of the molecule is C=C(C)C(=O)OCCCSC(C)C(=O)NC1=NC(=Cc2[nH]c(NC(=O)CCCCSc3cc(C(=O)O)cc(C(=O)O)c3)c(C(=O)OC3C(C(C)(C)C)CC(C)CC3C(C)(C)C)c2C(C)C)C(C(C)C)=C1C(=O)OC1C(C(C)(C)C)CC(C)CC1C(C)(C)C. The van der Waals surface area contributed by atoms with Gasteiger partial charge in [0.2, 0.25) is 11.8 Å². The first-order valence-electron chi connectivity index (χ1n) is 31.6. The number of hydrogen-bond acceptors (Lipinski definition) is 13. The zero-order valence-corrected chi connectivity index (χ0v) is 58.0. The molecule has 2 amide bonds. The van der Waals surface area contributed by atoms with E-state index in [1.54, 1.807) is 19.9 Å². The molecule has 2 aromatic rings. The Hall–Kier alpha value is -5.62. The number of esters is 3. The number of nitrogens with zero attached hydrogens (tertiary/aromatic N) is 1. The van der Waals surface area contributed by atoms with Gasteiger partial charge in [0.05, 0.1) is 28.7 Å². The molecule has 5 N–H and O–H groups in total. The number of nitrogens with one attached hydrogen (secondary N) is 3. The van der Waals surface area contributed by atoms with E-state index < -0.39 is 47.3 Å². The molecule has 88 heavy (non-hydrogen) atoms. The molecule has 1 aliphatic heterocycles.